The number of hydrogen-bond acceptors (Lipinski definition) is 6. The summed E-state index contributed by atoms with van der Waals surface area (Å²) in [6.07, 6.45) is 3.44. The van der Waals surface area contributed by atoms with E-state index in [4.69, 9.17) is 12.2 Å². The van der Waals surface area contributed by atoms with Crippen molar-refractivity contribution in [2.45, 2.75) is 32.2 Å². The summed E-state index contributed by atoms with van der Waals surface area (Å²) < 4.78 is 0.227. The lowest BCUT2D eigenvalue weighted by atomic mass is 10.1. The standard InChI is InChI=1S/C16H17NO4S2/c1-2-3-4-12(15(20)21)17-14(19)13(23-16(17)22)9-10-5-7-11(18)8-6-10/h5-9,12,18H,2-4H2,1H3,(H,20,21)/p-1/b13-9-/t12-/m0/s1. The number of phenols is 1. The SMILES string of the molecule is CCCC[C@@H](C(=O)[O-])N1C(=O)/C(=C/c2ccc(O)cc2)SC1=S. The molecule has 7 heteroatoms. The van der Waals surface area contributed by atoms with Crippen LogP contribution in [0.5, 0.6) is 5.75 Å². The Morgan fingerprint density at radius 1 is 1.43 bits per heavy atom. The number of aromatic hydroxyl groups is 1. The highest BCUT2D eigenvalue weighted by atomic mass is 32.2. The predicted octanol–water partition coefficient (Wildman–Crippen LogP) is 1.90. The number of thioether (sulfide) groups is 1. The van der Waals surface area contributed by atoms with E-state index in [1.54, 1.807) is 18.2 Å². The minimum absolute atomic E-state index is 0.131. The van der Waals surface area contributed by atoms with Crippen molar-refractivity contribution in [1.82, 2.24) is 4.90 Å². The normalized spacial score (nSPS) is 17.8. The van der Waals surface area contributed by atoms with Gasteiger partial charge in [0, 0.05) is 0 Å². The molecule has 1 aromatic carbocycles. The van der Waals surface area contributed by atoms with Crippen LogP contribution in [0.25, 0.3) is 6.08 Å². The van der Waals surface area contributed by atoms with E-state index >= 15 is 0 Å². The van der Waals surface area contributed by atoms with Crippen molar-refractivity contribution in [3.05, 3.63) is 34.7 Å². The Hall–Kier alpha value is -1.86. The molecule has 1 aliphatic heterocycles. The number of benzene rings is 1. The summed E-state index contributed by atoms with van der Waals surface area (Å²) >= 11 is 6.25. The van der Waals surface area contributed by atoms with Crippen molar-refractivity contribution in [3.63, 3.8) is 0 Å². The molecule has 1 saturated heterocycles. The van der Waals surface area contributed by atoms with E-state index in [0.29, 0.717) is 17.7 Å². The molecule has 0 radical (unpaired) electrons. The van der Waals surface area contributed by atoms with Gasteiger partial charge in [0.05, 0.1) is 16.9 Å². The Morgan fingerprint density at radius 2 is 2.09 bits per heavy atom. The average molecular weight is 350 g/mol. The maximum absolute atomic E-state index is 12.5. The molecule has 5 nitrogen and oxygen atoms in total. The van der Waals surface area contributed by atoms with Gasteiger partial charge in [0.2, 0.25) is 0 Å². The van der Waals surface area contributed by atoms with Gasteiger partial charge in [-0.25, -0.2) is 0 Å². The first-order valence-electron chi connectivity index (χ1n) is 7.21. The van der Waals surface area contributed by atoms with Crippen LogP contribution in [-0.4, -0.2) is 32.2 Å². The number of carbonyl (C=O) groups excluding carboxylic acids is 2. The van der Waals surface area contributed by atoms with Crippen LogP contribution in [0.2, 0.25) is 0 Å². The van der Waals surface area contributed by atoms with Crippen LogP contribution < -0.4 is 5.11 Å². The fourth-order valence-electron chi connectivity index (χ4n) is 2.22. The molecular formula is C16H16NO4S2-. The molecule has 122 valence electrons. The first-order chi connectivity index (χ1) is 10.9. The molecule has 2 rings (SSSR count). The molecule has 0 saturated carbocycles. The van der Waals surface area contributed by atoms with Crippen molar-refractivity contribution in [2.75, 3.05) is 0 Å². The molecule has 1 heterocycles. The molecule has 0 bridgehead atoms. The molecule has 1 aliphatic rings. The van der Waals surface area contributed by atoms with Crippen molar-refractivity contribution < 1.29 is 19.8 Å². The molecule has 0 unspecified atom stereocenters. The van der Waals surface area contributed by atoms with Crippen LogP contribution in [0.3, 0.4) is 0 Å². The summed E-state index contributed by atoms with van der Waals surface area (Å²) in [6, 6.07) is 5.31. The van der Waals surface area contributed by atoms with Crippen molar-refractivity contribution >= 4 is 46.3 Å². The lowest BCUT2D eigenvalue weighted by Gasteiger charge is -2.27. The summed E-state index contributed by atoms with van der Waals surface area (Å²) in [7, 11) is 0. The summed E-state index contributed by atoms with van der Waals surface area (Å²) in [4.78, 5) is 25.4. The van der Waals surface area contributed by atoms with Crippen LogP contribution in [0.1, 0.15) is 31.7 Å². The van der Waals surface area contributed by atoms with Gasteiger partial charge in [-0.1, -0.05) is 55.9 Å². The molecular weight excluding hydrogens is 334 g/mol. The maximum atomic E-state index is 12.5. The minimum atomic E-state index is -1.29. The van der Waals surface area contributed by atoms with E-state index in [2.05, 4.69) is 0 Å². The number of rotatable bonds is 6. The maximum Gasteiger partial charge on any atom is 0.266 e. The summed E-state index contributed by atoms with van der Waals surface area (Å²) in [6.45, 7) is 1.95. The monoisotopic (exact) mass is 350 g/mol. The third kappa shape index (κ3) is 4.11. The topological polar surface area (TPSA) is 80.7 Å². The lowest BCUT2D eigenvalue weighted by molar-refractivity contribution is -0.310. The van der Waals surface area contributed by atoms with E-state index in [1.165, 1.54) is 12.1 Å². The van der Waals surface area contributed by atoms with Crippen LogP contribution in [0.4, 0.5) is 0 Å². The number of phenolic OH excluding ortho intramolecular Hbond substituents is 1. The highest BCUT2D eigenvalue weighted by Crippen LogP contribution is 2.35. The van der Waals surface area contributed by atoms with Crippen LogP contribution in [0, 0.1) is 0 Å². The zero-order valence-corrected chi connectivity index (χ0v) is 14.2. The summed E-state index contributed by atoms with van der Waals surface area (Å²) in [5.41, 5.74) is 0.724. The highest BCUT2D eigenvalue weighted by molar-refractivity contribution is 8.26. The number of carboxylic acid groups (broad SMARTS) is 1. The first kappa shape index (κ1) is 17.5. The summed E-state index contributed by atoms with van der Waals surface area (Å²) in [5.74, 6) is -1.58. The quantitative estimate of drug-likeness (QED) is 0.623. The largest absolute Gasteiger partial charge is 0.548 e. The van der Waals surface area contributed by atoms with Crippen molar-refractivity contribution in [2.24, 2.45) is 0 Å². The van der Waals surface area contributed by atoms with E-state index in [1.807, 2.05) is 6.92 Å². The van der Waals surface area contributed by atoms with Gasteiger partial charge < -0.3 is 15.0 Å². The van der Waals surface area contributed by atoms with Gasteiger partial charge in [-0.05, 0) is 30.2 Å². The third-order valence-corrected chi connectivity index (χ3v) is 4.76. The molecule has 23 heavy (non-hydrogen) atoms. The molecule has 1 fully saturated rings. The van der Waals surface area contributed by atoms with E-state index in [-0.39, 0.29) is 10.1 Å². The number of thiocarbonyl (C=S) groups is 1. The van der Waals surface area contributed by atoms with Gasteiger partial charge in [-0.2, -0.15) is 0 Å². The van der Waals surface area contributed by atoms with Crippen molar-refractivity contribution in [3.8, 4) is 5.75 Å². The number of amides is 1. The Balaban J connectivity index is 2.24. The first-order valence-corrected chi connectivity index (χ1v) is 8.43. The van der Waals surface area contributed by atoms with Gasteiger partial charge in [0.15, 0.2) is 0 Å². The highest BCUT2D eigenvalue weighted by Gasteiger charge is 2.37. The predicted molar refractivity (Wildman–Crippen MR) is 91.4 cm³/mol. The van der Waals surface area contributed by atoms with Gasteiger partial charge >= 0.3 is 0 Å². The molecule has 0 aromatic heterocycles. The Bertz CT molecular complexity index is 655. The average Bonchev–Trinajstić information content (AvgIpc) is 2.77. The Kier molecular flexibility index (Phi) is 5.79. The lowest BCUT2D eigenvalue weighted by Crippen LogP contribution is -2.49. The Morgan fingerprint density at radius 3 is 2.65 bits per heavy atom. The van der Waals surface area contributed by atoms with Crippen molar-refractivity contribution in [1.29, 1.82) is 0 Å². The molecule has 0 aliphatic carbocycles. The number of aliphatic carboxylic acids is 1. The van der Waals surface area contributed by atoms with Gasteiger partial charge in [0.1, 0.15) is 10.1 Å². The van der Waals surface area contributed by atoms with E-state index in [9.17, 15) is 19.8 Å². The number of nitrogens with zero attached hydrogens (tertiary/aromatic N) is 1. The number of unbranched alkanes of at least 4 members (excludes halogenated alkanes) is 1. The second-order valence-electron chi connectivity index (χ2n) is 5.12. The van der Waals surface area contributed by atoms with E-state index < -0.39 is 17.9 Å². The second-order valence-corrected chi connectivity index (χ2v) is 6.80. The van der Waals surface area contributed by atoms with Crippen LogP contribution in [-0.2, 0) is 9.59 Å². The zero-order valence-electron chi connectivity index (χ0n) is 12.5. The third-order valence-electron chi connectivity index (χ3n) is 3.43. The van der Waals surface area contributed by atoms with E-state index in [0.717, 1.165) is 28.6 Å². The van der Waals surface area contributed by atoms with Gasteiger partial charge in [-0.3, -0.25) is 9.69 Å². The number of hydrogen-bond donors (Lipinski definition) is 1. The number of carboxylic acids is 1. The molecule has 1 amide bonds. The van der Waals surface area contributed by atoms with Gasteiger partial charge in [-0.15, -0.1) is 0 Å². The van der Waals surface area contributed by atoms with Crippen LogP contribution in [0.15, 0.2) is 29.2 Å². The molecule has 1 N–H and O–H groups in total. The molecule has 0 spiro atoms. The smallest absolute Gasteiger partial charge is 0.266 e. The fraction of sp³-hybridized carbons (Fsp3) is 0.312. The minimum Gasteiger partial charge on any atom is -0.548 e. The Labute approximate surface area is 144 Å². The molecule has 1 aromatic rings. The fourth-order valence-corrected chi connectivity index (χ4v) is 3.58. The molecule has 1 atom stereocenters. The summed E-state index contributed by atoms with van der Waals surface area (Å²) in [5, 5.41) is 20.6. The van der Waals surface area contributed by atoms with Gasteiger partial charge in [0.25, 0.3) is 5.91 Å². The second kappa shape index (κ2) is 7.61. The number of carbonyl (C=O) groups is 2. The van der Waals surface area contributed by atoms with Crippen LogP contribution >= 0.6 is 24.0 Å². The zero-order chi connectivity index (χ0) is 17.0.